The molecule has 0 saturated heterocycles. The van der Waals surface area contributed by atoms with Crippen LogP contribution in [0.3, 0.4) is 0 Å². The Balaban J connectivity index is 2.26. The van der Waals surface area contributed by atoms with Gasteiger partial charge in [-0.1, -0.05) is 0 Å². The zero-order chi connectivity index (χ0) is 14.7. The highest BCUT2D eigenvalue weighted by molar-refractivity contribution is 5.37. The van der Waals surface area contributed by atoms with Crippen LogP contribution in [0, 0.1) is 19.7 Å². The van der Waals surface area contributed by atoms with Gasteiger partial charge in [0.25, 0.3) is 0 Å². The molecule has 0 radical (unpaired) electrons. The molecule has 108 valence electrons. The van der Waals surface area contributed by atoms with Gasteiger partial charge in [-0.15, -0.1) is 0 Å². The Hall–Kier alpha value is -1.72. The molecular formula is C15H20FN3O. The Morgan fingerprint density at radius 2 is 1.95 bits per heavy atom. The molecule has 20 heavy (non-hydrogen) atoms. The summed E-state index contributed by atoms with van der Waals surface area (Å²) in [6.07, 6.45) is 0. The molecular weight excluding hydrogens is 257 g/mol. The first-order valence-electron chi connectivity index (χ1n) is 6.68. The van der Waals surface area contributed by atoms with Crippen LogP contribution in [0.4, 0.5) is 4.39 Å². The second kappa shape index (κ2) is 6.15. The van der Waals surface area contributed by atoms with Crippen molar-refractivity contribution >= 4 is 0 Å². The number of hydrogen-bond acceptors (Lipinski definition) is 3. The van der Waals surface area contributed by atoms with E-state index < -0.39 is 0 Å². The Morgan fingerprint density at radius 1 is 1.30 bits per heavy atom. The number of halogens is 1. The maximum atomic E-state index is 13.0. The highest BCUT2D eigenvalue weighted by Crippen LogP contribution is 2.18. The van der Waals surface area contributed by atoms with Crippen LogP contribution in [-0.4, -0.2) is 27.5 Å². The van der Waals surface area contributed by atoms with Gasteiger partial charge < -0.3 is 10.4 Å². The molecule has 2 aromatic rings. The molecule has 1 aromatic heterocycles. The minimum absolute atomic E-state index is 0.0444. The van der Waals surface area contributed by atoms with E-state index in [0.717, 1.165) is 22.6 Å². The van der Waals surface area contributed by atoms with Crippen LogP contribution < -0.4 is 5.32 Å². The first kappa shape index (κ1) is 14.7. The normalized spacial score (nSPS) is 12.7. The molecule has 1 unspecified atom stereocenters. The fourth-order valence-corrected chi connectivity index (χ4v) is 2.11. The predicted molar refractivity (Wildman–Crippen MR) is 76.4 cm³/mol. The van der Waals surface area contributed by atoms with Gasteiger partial charge in [0.15, 0.2) is 0 Å². The number of nitrogens with zero attached hydrogens (tertiary/aromatic N) is 2. The van der Waals surface area contributed by atoms with E-state index in [1.807, 2.05) is 25.5 Å². The number of aryl methyl sites for hydroxylation is 1. The summed E-state index contributed by atoms with van der Waals surface area (Å²) in [5.74, 6) is -0.256. The Bertz CT molecular complexity index is 578. The van der Waals surface area contributed by atoms with Crippen molar-refractivity contribution in [3.05, 3.63) is 47.0 Å². The number of nitrogens with one attached hydrogen (secondary N) is 1. The summed E-state index contributed by atoms with van der Waals surface area (Å²) in [6, 6.07) is 6.32. The largest absolute Gasteiger partial charge is 0.395 e. The van der Waals surface area contributed by atoms with Crippen LogP contribution in [-0.2, 0) is 6.54 Å². The van der Waals surface area contributed by atoms with Crippen molar-refractivity contribution in [3.8, 4) is 5.69 Å². The number of aromatic nitrogens is 2. The molecule has 0 aliphatic rings. The summed E-state index contributed by atoms with van der Waals surface area (Å²) >= 11 is 0. The van der Waals surface area contributed by atoms with Gasteiger partial charge in [0.2, 0.25) is 0 Å². The average Bonchev–Trinajstić information content (AvgIpc) is 2.72. The van der Waals surface area contributed by atoms with E-state index in [1.165, 1.54) is 12.1 Å². The zero-order valence-electron chi connectivity index (χ0n) is 12.0. The Kier molecular flexibility index (Phi) is 4.52. The van der Waals surface area contributed by atoms with E-state index in [1.54, 1.807) is 12.1 Å². The van der Waals surface area contributed by atoms with Crippen LogP contribution in [0.15, 0.2) is 24.3 Å². The first-order valence-corrected chi connectivity index (χ1v) is 6.68. The van der Waals surface area contributed by atoms with Crippen LogP contribution >= 0.6 is 0 Å². The molecule has 0 aliphatic heterocycles. The molecule has 0 spiro atoms. The highest BCUT2D eigenvalue weighted by atomic mass is 19.1. The summed E-state index contributed by atoms with van der Waals surface area (Å²) in [6.45, 7) is 6.62. The van der Waals surface area contributed by atoms with Crippen molar-refractivity contribution in [1.29, 1.82) is 0 Å². The quantitative estimate of drug-likeness (QED) is 0.880. The number of rotatable bonds is 5. The van der Waals surface area contributed by atoms with Gasteiger partial charge in [0.05, 0.1) is 18.0 Å². The molecule has 2 N–H and O–H groups in total. The van der Waals surface area contributed by atoms with Gasteiger partial charge in [-0.25, -0.2) is 9.07 Å². The van der Waals surface area contributed by atoms with Crippen molar-refractivity contribution in [1.82, 2.24) is 15.1 Å². The maximum Gasteiger partial charge on any atom is 0.123 e. The second-order valence-electron chi connectivity index (χ2n) is 5.00. The molecule has 4 nitrogen and oxygen atoms in total. The fourth-order valence-electron chi connectivity index (χ4n) is 2.11. The third-order valence-electron chi connectivity index (χ3n) is 3.41. The van der Waals surface area contributed by atoms with Gasteiger partial charge in [0.1, 0.15) is 5.82 Å². The lowest BCUT2D eigenvalue weighted by Crippen LogP contribution is -2.29. The lowest BCUT2D eigenvalue weighted by molar-refractivity contribution is 0.251. The summed E-state index contributed by atoms with van der Waals surface area (Å²) in [5, 5.41) is 16.8. The number of benzene rings is 1. The Labute approximate surface area is 118 Å². The van der Waals surface area contributed by atoms with Crippen molar-refractivity contribution in [2.75, 3.05) is 6.61 Å². The minimum atomic E-state index is -0.256. The maximum absolute atomic E-state index is 13.0. The molecule has 0 saturated carbocycles. The third-order valence-corrected chi connectivity index (χ3v) is 3.41. The van der Waals surface area contributed by atoms with E-state index in [4.69, 9.17) is 5.11 Å². The van der Waals surface area contributed by atoms with Gasteiger partial charge in [-0.05, 0) is 45.0 Å². The van der Waals surface area contributed by atoms with E-state index in [0.29, 0.717) is 6.54 Å². The molecule has 1 atom stereocenters. The highest BCUT2D eigenvalue weighted by Gasteiger charge is 2.13. The number of aliphatic hydroxyl groups excluding tert-OH is 1. The lowest BCUT2D eigenvalue weighted by atomic mass is 10.2. The van der Waals surface area contributed by atoms with Crippen molar-refractivity contribution < 1.29 is 9.50 Å². The zero-order valence-corrected chi connectivity index (χ0v) is 12.0. The van der Waals surface area contributed by atoms with Gasteiger partial charge in [-0.3, -0.25) is 0 Å². The van der Waals surface area contributed by atoms with Crippen LogP contribution in [0.1, 0.15) is 23.9 Å². The molecule has 0 aliphatic carbocycles. The fraction of sp³-hybridized carbons (Fsp3) is 0.400. The molecule has 0 amide bonds. The Morgan fingerprint density at radius 3 is 2.55 bits per heavy atom. The van der Waals surface area contributed by atoms with Crippen molar-refractivity contribution in [2.24, 2.45) is 0 Å². The third kappa shape index (κ3) is 3.05. The minimum Gasteiger partial charge on any atom is -0.395 e. The lowest BCUT2D eigenvalue weighted by Gasteiger charge is -2.11. The van der Waals surface area contributed by atoms with Gasteiger partial charge >= 0.3 is 0 Å². The van der Waals surface area contributed by atoms with Crippen LogP contribution in [0.5, 0.6) is 0 Å². The topological polar surface area (TPSA) is 50.1 Å². The molecule has 1 heterocycles. The summed E-state index contributed by atoms with van der Waals surface area (Å²) in [5.41, 5.74) is 3.90. The molecule has 0 fully saturated rings. The second-order valence-corrected chi connectivity index (χ2v) is 5.00. The van der Waals surface area contributed by atoms with Gasteiger partial charge in [0, 0.05) is 23.8 Å². The summed E-state index contributed by atoms with van der Waals surface area (Å²) in [7, 11) is 0. The van der Waals surface area contributed by atoms with Crippen LogP contribution in [0.25, 0.3) is 5.69 Å². The molecule has 1 aromatic carbocycles. The van der Waals surface area contributed by atoms with Crippen molar-refractivity contribution in [3.63, 3.8) is 0 Å². The molecule has 0 bridgehead atoms. The van der Waals surface area contributed by atoms with E-state index in [9.17, 15) is 4.39 Å². The SMILES string of the molecule is Cc1nn(-c2ccc(F)cc2)c(C)c1CNC(C)CO. The van der Waals surface area contributed by atoms with E-state index in [2.05, 4.69) is 10.4 Å². The molecule has 2 rings (SSSR count). The summed E-state index contributed by atoms with van der Waals surface area (Å²) in [4.78, 5) is 0. The smallest absolute Gasteiger partial charge is 0.123 e. The standard InChI is InChI=1S/C15H20FN3O/c1-10(9-20)17-8-15-11(2)18-19(12(15)3)14-6-4-13(16)5-7-14/h4-7,10,17,20H,8-9H2,1-3H3. The molecule has 5 heteroatoms. The average molecular weight is 277 g/mol. The van der Waals surface area contributed by atoms with Gasteiger partial charge in [-0.2, -0.15) is 5.10 Å². The van der Waals surface area contributed by atoms with E-state index >= 15 is 0 Å². The monoisotopic (exact) mass is 277 g/mol. The first-order chi connectivity index (χ1) is 9.52. The predicted octanol–water partition coefficient (Wildman–Crippen LogP) is 2.10. The number of hydrogen-bond donors (Lipinski definition) is 2. The number of aliphatic hydroxyl groups is 1. The summed E-state index contributed by atoms with van der Waals surface area (Å²) < 4.78 is 14.8. The van der Waals surface area contributed by atoms with E-state index in [-0.39, 0.29) is 18.5 Å². The van der Waals surface area contributed by atoms with Crippen molar-refractivity contribution in [2.45, 2.75) is 33.4 Å². The van der Waals surface area contributed by atoms with Crippen LogP contribution in [0.2, 0.25) is 0 Å².